The third-order valence-corrected chi connectivity index (χ3v) is 6.29. The topological polar surface area (TPSA) is 47.4 Å². The zero-order valence-corrected chi connectivity index (χ0v) is 17.2. The molecule has 2 aromatic rings. The van der Waals surface area contributed by atoms with Crippen LogP contribution in [0, 0.1) is 11.8 Å². The molecule has 0 amide bonds. The summed E-state index contributed by atoms with van der Waals surface area (Å²) in [4.78, 5) is 19.8. The number of aromatic nitrogens is 2. The highest BCUT2D eigenvalue weighted by Crippen LogP contribution is 2.43. The Labute approximate surface area is 167 Å². The molecule has 0 spiro atoms. The highest BCUT2D eigenvalue weighted by Gasteiger charge is 2.40. The number of pyridine rings is 2. The number of rotatable bonds is 6. The average Bonchev–Trinajstić information content (AvgIpc) is 2.68. The van der Waals surface area contributed by atoms with E-state index in [-0.39, 0.29) is 5.56 Å². The monoisotopic (exact) mass is 381 g/mol. The number of piperidine rings is 1. The highest BCUT2D eigenvalue weighted by atomic mass is 16.5. The van der Waals surface area contributed by atoms with Crippen LogP contribution < -0.4 is 10.3 Å². The van der Waals surface area contributed by atoms with Gasteiger partial charge >= 0.3 is 0 Å². The Balaban J connectivity index is 1.60. The molecule has 4 rings (SSSR count). The summed E-state index contributed by atoms with van der Waals surface area (Å²) in [6.07, 6.45) is 3.43. The molecule has 0 saturated carbocycles. The number of methoxy groups -OCH3 is 1. The molecular formula is C23H31N3O2. The summed E-state index contributed by atoms with van der Waals surface area (Å²) in [5.74, 6) is 2.27. The maximum atomic E-state index is 12.7. The number of likely N-dealkylation sites (tertiary alicyclic amines) is 1. The van der Waals surface area contributed by atoms with Crippen LogP contribution in [0.2, 0.25) is 0 Å². The van der Waals surface area contributed by atoms with Gasteiger partial charge in [-0.2, -0.15) is 0 Å². The van der Waals surface area contributed by atoms with Crippen molar-refractivity contribution in [2.75, 3.05) is 20.2 Å². The van der Waals surface area contributed by atoms with Gasteiger partial charge in [0.05, 0.1) is 12.8 Å². The molecule has 0 radical (unpaired) electrons. The van der Waals surface area contributed by atoms with Crippen molar-refractivity contribution in [3.05, 3.63) is 58.1 Å². The van der Waals surface area contributed by atoms with E-state index in [0.29, 0.717) is 29.7 Å². The van der Waals surface area contributed by atoms with E-state index in [1.807, 2.05) is 18.2 Å². The summed E-state index contributed by atoms with van der Waals surface area (Å²) >= 11 is 0. The number of ether oxygens (including phenoxy) is 1. The number of hydrogen-bond acceptors (Lipinski definition) is 4. The Hall–Kier alpha value is -2.14. The van der Waals surface area contributed by atoms with E-state index in [0.717, 1.165) is 38.2 Å². The standard InChI is InChI=1S/C23H31N3O2/c1-16(2)10-11-21-18-12-17(20-7-5-9-23(27)26(20)21)13-25(14-18)15-19-6-4-8-22(24-19)28-3/h4-9,16-18,21H,10-15H2,1-3H3/t17-,18+,21+/m1/s1. The molecule has 4 heterocycles. The van der Waals surface area contributed by atoms with Gasteiger partial charge in [-0.15, -0.1) is 0 Å². The van der Waals surface area contributed by atoms with Gasteiger partial charge < -0.3 is 9.30 Å². The zero-order valence-electron chi connectivity index (χ0n) is 17.2. The fourth-order valence-electron chi connectivity index (χ4n) is 5.03. The van der Waals surface area contributed by atoms with Gasteiger partial charge in [-0.1, -0.05) is 26.0 Å². The molecule has 5 heteroatoms. The lowest BCUT2D eigenvalue weighted by Gasteiger charge is -2.47. The maximum absolute atomic E-state index is 12.7. The van der Waals surface area contributed by atoms with Crippen LogP contribution in [-0.2, 0) is 6.54 Å². The Morgan fingerprint density at radius 2 is 2.00 bits per heavy atom. The van der Waals surface area contributed by atoms with Crippen molar-refractivity contribution in [1.29, 1.82) is 0 Å². The normalized spacial score (nSPS) is 24.2. The fraction of sp³-hybridized carbons (Fsp3) is 0.565. The molecule has 1 fully saturated rings. The highest BCUT2D eigenvalue weighted by molar-refractivity contribution is 5.20. The number of hydrogen-bond donors (Lipinski definition) is 0. The third-order valence-electron chi connectivity index (χ3n) is 6.29. The summed E-state index contributed by atoms with van der Waals surface area (Å²) in [7, 11) is 1.66. The van der Waals surface area contributed by atoms with E-state index in [9.17, 15) is 4.79 Å². The fourth-order valence-corrected chi connectivity index (χ4v) is 5.03. The number of nitrogens with zero attached hydrogens (tertiary/aromatic N) is 3. The minimum atomic E-state index is 0.170. The second kappa shape index (κ2) is 8.08. The Morgan fingerprint density at radius 1 is 1.18 bits per heavy atom. The predicted molar refractivity (Wildman–Crippen MR) is 111 cm³/mol. The van der Waals surface area contributed by atoms with Gasteiger partial charge in [0.2, 0.25) is 5.88 Å². The molecule has 2 bridgehead atoms. The van der Waals surface area contributed by atoms with Gasteiger partial charge in [-0.25, -0.2) is 4.98 Å². The molecular weight excluding hydrogens is 350 g/mol. The van der Waals surface area contributed by atoms with Crippen LogP contribution in [0.25, 0.3) is 0 Å². The Kier molecular flexibility index (Phi) is 5.54. The van der Waals surface area contributed by atoms with Crippen LogP contribution in [0.15, 0.2) is 41.2 Å². The minimum absolute atomic E-state index is 0.170. The number of fused-ring (bicyclic) bond motifs is 4. The van der Waals surface area contributed by atoms with Crippen molar-refractivity contribution in [2.24, 2.45) is 11.8 Å². The second-order valence-corrected chi connectivity index (χ2v) is 8.76. The van der Waals surface area contributed by atoms with Crippen molar-refractivity contribution < 1.29 is 4.74 Å². The van der Waals surface area contributed by atoms with Gasteiger partial charge in [0, 0.05) is 49.4 Å². The van der Waals surface area contributed by atoms with Gasteiger partial charge in [0.1, 0.15) is 0 Å². The van der Waals surface area contributed by atoms with Gasteiger partial charge in [0.15, 0.2) is 0 Å². The van der Waals surface area contributed by atoms with E-state index < -0.39 is 0 Å². The smallest absolute Gasteiger partial charge is 0.250 e. The van der Waals surface area contributed by atoms with Crippen molar-refractivity contribution in [1.82, 2.24) is 14.5 Å². The van der Waals surface area contributed by atoms with Crippen LogP contribution in [0.5, 0.6) is 5.88 Å². The molecule has 5 nitrogen and oxygen atoms in total. The second-order valence-electron chi connectivity index (χ2n) is 8.76. The van der Waals surface area contributed by atoms with Crippen LogP contribution >= 0.6 is 0 Å². The first-order valence-electron chi connectivity index (χ1n) is 10.5. The molecule has 0 aromatic carbocycles. The predicted octanol–water partition coefficient (Wildman–Crippen LogP) is 3.85. The molecule has 2 aromatic heterocycles. The largest absolute Gasteiger partial charge is 0.481 e. The van der Waals surface area contributed by atoms with Gasteiger partial charge in [0.25, 0.3) is 5.56 Å². The first kappa shape index (κ1) is 19.2. The first-order valence-corrected chi connectivity index (χ1v) is 10.5. The van der Waals surface area contributed by atoms with Crippen LogP contribution in [-0.4, -0.2) is 34.7 Å². The summed E-state index contributed by atoms with van der Waals surface area (Å²) < 4.78 is 7.41. The Morgan fingerprint density at radius 3 is 2.79 bits per heavy atom. The first-order chi connectivity index (χ1) is 13.5. The zero-order chi connectivity index (χ0) is 19.7. The third kappa shape index (κ3) is 3.86. The molecule has 150 valence electrons. The summed E-state index contributed by atoms with van der Waals surface area (Å²) in [6.45, 7) is 7.37. The van der Waals surface area contributed by atoms with E-state index >= 15 is 0 Å². The lowest BCUT2D eigenvalue weighted by atomic mass is 9.76. The molecule has 28 heavy (non-hydrogen) atoms. The molecule has 1 saturated heterocycles. The summed E-state index contributed by atoms with van der Waals surface area (Å²) in [5.41, 5.74) is 2.44. The summed E-state index contributed by atoms with van der Waals surface area (Å²) in [5, 5.41) is 0. The van der Waals surface area contributed by atoms with E-state index in [4.69, 9.17) is 4.74 Å². The van der Waals surface area contributed by atoms with Crippen molar-refractivity contribution in [2.45, 2.75) is 51.6 Å². The molecule has 2 aliphatic rings. The maximum Gasteiger partial charge on any atom is 0.250 e. The Bertz CT molecular complexity index is 876. The van der Waals surface area contributed by atoms with Crippen molar-refractivity contribution in [3.63, 3.8) is 0 Å². The quantitative estimate of drug-likeness (QED) is 0.763. The van der Waals surface area contributed by atoms with Crippen LogP contribution in [0.3, 0.4) is 0 Å². The lowest BCUT2D eigenvalue weighted by Crippen LogP contribution is -2.49. The molecule has 0 aliphatic carbocycles. The lowest BCUT2D eigenvalue weighted by molar-refractivity contribution is 0.0789. The van der Waals surface area contributed by atoms with Crippen LogP contribution in [0.1, 0.15) is 56.5 Å². The molecule has 0 N–H and O–H groups in total. The SMILES string of the molecule is COc1cccc(CN2C[C@H]3C[C@@H](C2)[C@H](CCC(C)C)n2c3cccc2=O)n1. The molecule has 2 aliphatic heterocycles. The molecule has 3 atom stereocenters. The summed E-state index contributed by atoms with van der Waals surface area (Å²) in [6, 6.07) is 12.1. The van der Waals surface area contributed by atoms with E-state index in [2.05, 4.69) is 40.4 Å². The minimum Gasteiger partial charge on any atom is -0.481 e. The van der Waals surface area contributed by atoms with E-state index in [1.54, 1.807) is 13.2 Å². The average molecular weight is 382 g/mol. The molecule has 0 unspecified atom stereocenters. The van der Waals surface area contributed by atoms with E-state index in [1.165, 1.54) is 12.1 Å². The van der Waals surface area contributed by atoms with Gasteiger partial charge in [-0.05, 0) is 43.2 Å². The van der Waals surface area contributed by atoms with Crippen LogP contribution in [0.4, 0.5) is 0 Å². The van der Waals surface area contributed by atoms with Crippen molar-refractivity contribution in [3.8, 4) is 5.88 Å². The van der Waals surface area contributed by atoms with Crippen molar-refractivity contribution >= 4 is 0 Å². The van der Waals surface area contributed by atoms with Gasteiger partial charge in [-0.3, -0.25) is 9.69 Å².